The highest BCUT2D eigenvalue weighted by Gasteiger charge is 2.24. The molecule has 7 heteroatoms. The molecule has 1 aliphatic rings. The van der Waals surface area contributed by atoms with Crippen molar-refractivity contribution in [2.24, 2.45) is 0 Å². The Morgan fingerprint density at radius 2 is 2.44 bits per heavy atom. The van der Waals surface area contributed by atoms with Gasteiger partial charge in [-0.05, 0) is 11.4 Å². The summed E-state index contributed by atoms with van der Waals surface area (Å²) < 4.78 is 5.16. The molecule has 0 bridgehead atoms. The number of aromatic nitrogens is 2. The molecular formula is C11H12N4O2S. The van der Waals surface area contributed by atoms with E-state index in [1.54, 1.807) is 11.3 Å². The standard InChI is InChI=1S/C11H12N4O2S/c16-11-8(12-2-3-13-11)5-9-14-10(15-17-9)7-1-4-18-6-7/h1,4,6,8,12H,2-3,5H2,(H,13,16). The van der Waals surface area contributed by atoms with Gasteiger partial charge in [0.05, 0.1) is 12.5 Å². The van der Waals surface area contributed by atoms with Crippen LogP contribution in [-0.2, 0) is 11.2 Å². The van der Waals surface area contributed by atoms with E-state index in [0.717, 1.165) is 12.1 Å². The molecule has 0 spiro atoms. The van der Waals surface area contributed by atoms with Crippen LogP contribution in [0.25, 0.3) is 11.4 Å². The number of carbonyl (C=O) groups is 1. The van der Waals surface area contributed by atoms with Crippen molar-refractivity contribution < 1.29 is 9.32 Å². The van der Waals surface area contributed by atoms with Gasteiger partial charge in [0.15, 0.2) is 0 Å². The molecule has 2 aromatic heterocycles. The number of nitrogens with zero attached hydrogens (tertiary/aromatic N) is 2. The van der Waals surface area contributed by atoms with Gasteiger partial charge in [0.1, 0.15) is 0 Å². The molecule has 94 valence electrons. The maximum absolute atomic E-state index is 11.6. The smallest absolute Gasteiger partial charge is 0.237 e. The first kappa shape index (κ1) is 11.4. The Bertz CT molecular complexity index is 537. The molecule has 0 aromatic carbocycles. The molecule has 2 aromatic rings. The van der Waals surface area contributed by atoms with E-state index in [1.165, 1.54) is 0 Å². The van der Waals surface area contributed by atoms with Crippen LogP contribution >= 0.6 is 11.3 Å². The van der Waals surface area contributed by atoms with E-state index >= 15 is 0 Å². The third-order valence-electron chi connectivity index (χ3n) is 2.76. The first-order valence-electron chi connectivity index (χ1n) is 5.69. The average Bonchev–Trinajstić information content (AvgIpc) is 3.02. The fourth-order valence-corrected chi connectivity index (χ4v) is 2.47. The summed E-state index contributed by atoms with van der Waals surface area (Å²) in [5, 5.41) is 13.7. The van der Waals surface area contributed by atoms with Crippen LogP contribution in [0.1, 0.15) is 5.89 Å². The number of carbonyl (C=O) groups excluding carboxylic acids is 1. The molecule has 1 saturated heterocycles. The molecule has 0 radical (unpaired) electrons. The highest BCUT2D eigenvalue weighted by Crippen LogP contribution is 2.19. The lowest BCUT2D eigenvalue weighted by atomic mass is 10.1. The van der Waals surface area contributed by atoms with Crippen molar-refractivity contribution in [3.05, 3.63) is 22.7 Å². The normalized spacial score (nSPS) is 19.8. The molecule has 2 N–H and O–H groups in total. The number of amides is 1. The Morgan fingerprint density at radius 3 is 3.22 bits per heavy atom. The number of nitrogens with one attached hydrogen (secondary N) is 2. The number of hydrogen-bond acceptors (Lipinski definition) is 6. The lowest BCUT2D eigenvalue weighted by Crippen LogP contribution is -2.53. The van der Waals surface area contributed by atoms with Crippen molar-refractivity contribution in [3.8, 4) is 11.4 Å². The molecule has 3 heterocycles. The quantitative estimate of drug-likeness (QED) is 0.840. The summed E-state index contributed by atoms with van der Waals surface area (Å²) in [6, 6.07) is 1.65. The maximum atomic E-state index is 11.6. The summed E-state index contributed by atoms with van der Waals surface area (Å²) in [5.74, 6) is 1.03. The van der Waals surface area contributed by atoms with Gasteiger partial charge in [0.25, 0.3) is 0 Å². The van der Waals surface area contributed by atoms with E-state index in [0.29, 0.717) is 24.7 Å². The number of hydrogen-bond donors (Lipinski definition) is 2. The molecule has 18 heavy (non-hydrogen) atoms. The Labute approximate surface area is 107 Å². The minimum atomic E-state index is -0.283. The van der Waals surface area contributed by atoms with Gasteiger partial charge in [-0.1, -0.05) is 5.16 Å². The summed E-state index contributed by atoms with van der Waals surface area (Å²) in [6.07, 6.45) is 0.420. The minimum absolute atomic E-state index is 0.0171. The van der Waals surface area contributed by atoms with Crippen LogP contribution in [0.2, 0.25) is 0 Å². The van der Waals surface area contributed by atoms with Crippen LogP contribution in [0, 0.1) is 0 Å². The van der Waals surface area contributed by atoms with Crippen LogP contribution in [0.4, 0.5) is 0 Å². The lowest BCUT2D eigenvalue weighted by Gasteiger charge is -2.21. The molecule has 1 unspecified atom stereocenters. The van der Waals surface area contributed by atoms with E-state index in [9.17, 15) is 4.79 Å². The van der Waals surface area contributed by atoms with Crippen LogP contribution in [0.15, 0.2) is 21.3 Å². The zero-order chi connectivity index (χ0) is 12.4. The molecule has 1 atom stereocenters. The first-order chi connectivity index (χ1) is 8.83. The topological polar surface area (TPSA) is 80.0 Å². The summed E-state index contributed by atoms with van der Waals surface area (Å²) in [4.78, 5) is 15.9. The third kappa shape index (κ3) is 2.27. The molecule has 0 aliphatic carbocycles. The van der Waals surface area contributed by atoms with Crippen molar-refractivity contribution in [3.63, 3.8) is 0 Å². The zero-order valence-corrected chi connectivity index (χ0v) is 10.4. The molecule has 1 amide bonds. The second-order valence-corrected chi connectivity index (χ2v) is 4.81. The monoisotopic (exact) mass is 264 g/mol. The van der Waals surface area contributed by atoms with Crippen LogP contribution in [0.5, 0.6) is 0 Å². The van der Waals surface area contributed by atoms with E-state index in [4.69, 9.17) is 4.52 Å². The van der Waals surface area contributed by atoms with Crippen molar-refractivity contribution in [1.82, 2.24) is 20.8 Å². The number of piperazine rings is 1. The zero-order valence-electron chi connectivity index (χ0n) is 9.55. The number of thiophene rings is 1. The van der Waals surface area contributed by atoms with E-state index in [1.807, 2.05) is 16.8 Å². The van der Waals surface area contributed by atoms with Crippen molar-refractivity contribution >= 4 is 17.2 Å². The van der Waals surface area contributed by atoms with Crippen LogP contribution in [0.3, 0.4) is 0 Å². The number of rotatable bonds is 3. The summed E-state index contributed by atoms with van der Waals surface area (Å²) in [5.41, 5.74) is 0.941. The second-order valence-electron chi connectivity index (χ2n) is 4.03. The van der Waals surface area contributed by atoms with E-state index in [-0.39, 0.29) is 11.9 Å². The maximum Gasteiger partial charge on any atom is 0.237 e. The Morgan fingerprint density at radius 1 is 1.50 bits per heavy atom. The van der Waals surface area contributed by atoms with Crippen molar-refractivity contribution in [2.45, 2.75) is 12.5 Å². The molecule has 0 saturated carbocycles. The largest absolute Gasteiger partial charge is 0.353 e. The lowest BCUT2D eigenvalue weighted by molar-refractivity contribution is -0.124. The second kappa shape index (κ2) is 4.87. The highest BCUT2D eigenvalue weighted by molar-refractivity contribution is 7.08. The van der Waals surface area contributed by atoms with Gasteiger partial charge in [-0.15, -0.1) is 0 Å². The van der Waals surface area contributed by atoms with Gasteiger partial charge < -0.3 is 15.2 Å². The highest BCUT2D eigenvalue weighted by atomic mass is 32.1. The van der Waals surface area contributed by atoms with Crippen molar-refractivity contribution in [2.75, 3.05) is 13.1 Å². The summed E-state index contributed by atoms with van der Waals surface area (Å²) in [7, 11) is 0. The predicted octanol–water partition coefficient (Wildman–Crippen LogP) is 0.429. The minimum Gasteiger partial charge on any atom is -0.353 e. The first-order valence-corrected chi connectivity index (χ1v) is 6.63. The van der Waals surface area contributed by atoms with E-state index < -0.39 is 0 Å². The van der Waals surface area contributed by atoms with Gasteiger partial charge in [0.2, 0.25) is 17.6 Å². The van der Waals surface area contributed by atoms with Crippen LogP contribution < -0.4 is 10.6 Å². The van der Waals surface area contributed by atoms with Crippen molar-refractivity contribution in [1.29, 1.82) is 0 Å². The summed E-state index contributed by atoms with van der Waals surface area (Å²) >= 11 is 1.58. The van der Waals surface area contributed by atoms with Gasteiger partial charge >= 0.3 is 0 Å². The summed E-state index contributed by atoms with van der Waals surface area (Å²) in [6.45, 7) is 1.43. The van der Waals surface area contributed by atoms with E-state index in [2.05, 4.69) is 20.8 Å². The van der Waals surface area contributed by atoms with Gasteiger partial charge in [-0.2, -0.15) is 16.3 Å². The molecule has 1 aliphatic heterocycles. The Hall–Kier alpha value is -1.73. The SMILES string of the molecule is O=C1NCCNC1Cc1nc(-c2ccsc2)no1. The third-order valence-corrected chi connectivity index (χ3v) is 3.44. The van der Waals surface area contributed by atoms with Gasteiger partial charge in [-0.3, -0.25) is 4.79 Å². The molecule has 1 fully saturated rings. The fourth-order valence-electron chi connectivity index (χ4n) is 1.83. The van der Waals surface area contributed by atoms with Gasteiger partial charge in [0, 0.05) is 24.0 Å². The Kier molecular flexibility index (Phi) is 3.07. The fraction of sp³-hybridized carbons (Fsp3) is 0.364. The average molecular weight is 264 g/mol. The predicted molar refractivity (Wildman–Crippen MR) is 66.1 cm³/mol. The van der Waals surface area contributed by atoms with Crippen LogP contribution in [-0.4, -0.2) is 35.2 Å². The molecule has 6 nitrogen and oxygen atoms in total. The molecule has 3 rings (SSSR count). The molecular weight excluding hydrogens is 252 g/mol. The Balaban J connectivity index is 1.72. The van der Waals surface area contributed by atoms with Gasteiger partial charge in [-0.25, -0.2) is 0 Å².